The number of nitrogens with one attached hydrogen (secondary N) is 1. The summed E-state index contributed by atoms with van der Waals surface area (Å²) in [5.74, 6) is 7.59. The number of imidazole rings is 1. The summed E-state index contributed by atoms with van der Waals surface area (Å²) in [7, 11) is 1.80. The molecule has 1 saturated heterocycles. The molecule has 0 saturated carbocycles. The van der Waals surface area contributed by atoms with Gasteiger partial charge in [0.05, 0.1) is 6.54 Å². The Kier molecular flexibility index (Phi) is 5.39. The summed E-state index contributed by atoms with van der Waals surface area (Å²) in [4.78, 5) is 24.6. The van der Waals surface area contributed by atoms with E-state index in [4.69, 9.17) is 9.97 Å². The Bertz CT molecular complexity index is 864. The second kappa shape index (κ2) is 7.70. The van der Waals surface area contributed by atoms with Crippen LogP contribution in [-0.4, -0.2) is 45.3 Å². The van der Waals surface area contributed by atoms with Gasteiger partial charge >= 0.3 is 0 Å². The van der Waals surface area contributed by atoms with Crippen LogP contribution in [0.25, 0.3) is 11.2 Å². The third kappa shape index (κ3) is 3.40. The monoisotopic (exact) mass is 342 g/mol. The third-order valence-corrected chi connectivity index (χ3v) is 4.63. The molecule has 0 amide bonds. The van der Waals surface area contributed by atoms with E-state index in [0.717, 1.165) is 57.2 Å². The minimum atomic E-state index is -0.0390. The van der Waals surface area contributed by atoms with E-state index in [1.807, 2.05) is 11.5 Å². The second-order valence-electron chi connectivity index (χ2n) is 6.33. The van der Waals surface area contributed by atoms with Gasteiger partial charge in [-0.3, -0.25) is 13.9 Å². The fourth-order valence-corrected chi connectivity index (χ4v) is 3.16. The lowest BCUT2D eigenvalue weighted by Gasteiger charge is -2.28. The van der Waals surface area contributed by atoms with Gasteiger partial charge in [0.15, 0.2) is 11.2 Å². The van der Waals surface area contributed by atoms with Crippen molar-refractivity contribution in [3.63, 3.8) is 0 Å². The van der Waals surface area contributed by atoms with Crippen molar-refractivity contribution < 1.29 is 0 Å². The summed E-state index contributed by atoms with van der Waals surface area (Å²) < 4.78 is 3.59. The summed E-state index contributed by atoms with van der Waals surface area (Å²) in [5, 5.41) is 3.35. The number of rotatable bonds is 5. The van der Waals surface area contributed by atoms with Gasteiger partial charge in [-0.15, -0.1) is 5.92 Å². The molecule has 1 aliphatic rings. The quantitative estimate of drug-likeness (QED) is 0.818. The van der Waals surface area contributed by atoms with Gasteiger partial charge in [-0.05, 0) is 13.3 Å². The van der Waals surface area contributed by atoms with Gasteiger partial charge in [-0.1, -0.05) is 19.3 Å². The number of hydrogen-bond donors (Lipinski definition) is 1. The molecule has 3 rings (SSSR count). The van der Waals surface area contributed by atoms with Crippen molar-refractivity contribution >= 4 is 17.1 Å². The fourth-order valence-electron chi connectivity index (χ4n) is 3.16. The normalized spacial score (nSPS) is 14.6. The lowest BCUT2D eigenvalue weighted by molar-refractivity contribution is 0.573. The molecule has 0 spiro atoms. The highest BCUT2D eigenvalue weighted by atomic mass is 16.1. The van der Waals surface area contributed by atoms with Gasteiger partial charge in [0, 0.05) is 39.6 Å². The topological polar surface area (TPSA) is 68.0 Å². The SMILES string of the molecule is CC#CCn1c(N2CCNCC2)nc2nc(CCCC)n(C)c(=O)c21. The van der Waals surface area contributed by atoms with Crippen molar-refractivity contribution in [2.45, 2.75) is 39.7 Å². The molecule has 3 heterocycles. The number of piperazine rings is 1. The van der Waals surface area contributed by atoms with Crippen LogP contribution in [0.3, 0.4) is 0 Å². The third-order valence-electron chi connectivity index (χ3n) is 4.63. The predicted molar refractivity (Wildman–Crippen MR) is 99.9 cm³/mol. The Morgan fingerprint density at radius 3 is 2.68 bits per heavy atom. The second-order valence-corrected chi connectivity index (χ2v) is 6.33. The molecule has 1 N–H and O–H groups in total. The molecule has 0 radical (unpaired) electrons. The van der Waals surface area contributed by atoms with E-state index >= 15 is 0 Å². The van der Waals surface area contributed by atoms with Crippen LogP contribution in [0.4, 0.5) is 5.95 Å². The van der Waals surface area contributed by atoms with E-state index in [0.29, 0.717) is 17.7 Å². The van der Waals surface area contributed by atoms with Crippen molar-refractivity contribution in [2.24, 2.45) is 7.05 Å². The van der Waals surface area contributed by atoms with E-state index in [-0.39, 0.29) is 5.56 Å². The van der Waals surface area contributed by atoms with Gasteiger partial charge in [-0.25, -0.2) is 4.98 Å². The molecular formula is C18H26N6O. The van der Waals surface area contributed by atoms with Crippen LogP contribution >= 0.6 is 0 Å². The molecule has 1 aliphatic heterocycles. The Balaban J connectivity index is 2.15. The van der Waals surface area contributed by atoms with Gasteiger partial charge in [0.1, 0.15) is 5.82 Å². The number of aryl methyl sites for hydroxylation is 1. The van der Waals surface area contributed by atoms with Crippen molar-refractivity contribution in [2.75, 3.05) is 31.1 Å². The Labute approximate surface area is 148 Å². The van der Waals surface area contributed by atoms with Crippen LogP contribution in [0.2, 0.25) is 0 Å². The highest BCUT2D eigenvalue weighted by Crippen LogP contribution is 2.20. The van der Waals surface area contributed by atoms with Crippen LogP contribution in [0.15, 0.2) is 4.79 Å². The Morgan fingerprint density at radius 1 is 1.24 bits per heavy atom. The zero-order valence-electron chi connectivity index (χ0n) is 15.3. The maximum atomic E-state index is 13.0. The van der Waals surface area contributed by atoms with Crippen LogP contribution < -0.4 is 15.8 Å². The lowest BCUT2D eigenvalue weighted by atomic mass is 10.2. The molecule has 0 aliphatic carbocycles. The number of hydrogen-bond acceptors (Lipinski definition) is 5. The maximum Gasteiger partial charge on any atom is 0.279 e. The van der Waals surface area contributed by atoms with E-state index < -0.39 is 0 Å². The zero-order chi connectivity index (χ0) is 17.8. The molecular weight excluding hydrogens is 316 g/mol. The molecule has 25 heavy (non-hydrogen) atoms. The first-order valence-corrected chi connectivity index (χ1v) is 8.98. The summed E-state index contributed by atoms with van der Waals surface area (Å²) in [5.41, 5.74) is 1.06. The first-order valence-electron chi connectivity index (χ1n) is 8.98. The van der Waals surface area contributed by atoms with Crippen LogP contribution in [0.1, 0.15) is 32.5 Å². The molecule has 134 valence electrons. The number of fused-ring (bicyclic) bond motifs is 1. The minimum Gasteiger partial charge on any atom is -0.340 e. The van der Waals surface area contributed by atoms with Gasteiger partial charge in [-0.2, -0.15) is 4.98 Å². The van der Waals surface area contributed by atoms with Crippen LogP contribution in [0, 0.1) is 11.8 Å². The molecule has 0 unspecified atom stereocenters. The number of aromatic nitrogens is 4. The summed E-state index contributed by atoms with van der Waals surface area (Å²) >= 11 is 0. The first kappa shape index (κ1) is 17.5. The van der Waals surface area contributed by atoms with Crippen LogP contribution in [0.5, 0.6) is 0 Å². The van der Waals surface area contributed by atoms with E-state index in [2.05, 4.69) is 29.0 Å². The van der Waals surface area contributed by atoms with E-state index in [1.54, 1.807) is 11.6 Å². The van der Waals surface area contributed by atoms with E-state index in [9.17, 15) is 4.79 Å². The average Bonchev–Trinajstić information content (AvgIpc) is 3.01. The summed E-state index contributed by atoms with van der Waals surface area (Å²) in [6.45, 7) is 7.96. The summed E-state index contributed by atoms with van der Waals surface area (Å²) in [6.07, 6.45) is 2.88. The molecule has 0 aromatic carbocycles. The van der Waals surface area contributed by atoms with Gasteiger partial charge in [0.25, 0.3) is 5.56 Å². The fraction of sp³-hybridized carbons (Fsp3) is 0.611. The van der Waals surface area contributed by atoms with E-state index in [1.165, 1.54) is 0 Å². The predicted octanol–water partition coefficient (Wildman–Crippen LogP) is 0.905. The van der Waals surface area contributed by atoms with Gasteiger partial charge < -0.3 is 10.2 Å². The smallest absolute Gasteiger partial charge is 0.279 e. The maximum absolute atomic E-state index is 13.0. The number of unbranched alkanes of at least 4 members (excludes halogenated alkanes) is 1. The molecule has 7 heteroatoms. The molecule has 1 fully saturated rings. The lowest BCUT2D eigenvalue weighted by Crippen LogP contribution is -2.44. The van der Waals surface area contributed by atoms with Crippen LogP contribution in [-0.2, 0) is 20.0 Å². The number of nitrogens with zero attached hydrogens (tertiary/aromatic N) is 5. The molecule has 0 bridgehead atoms. The highest BCUT2D eigenvalue weighted by Gasteiger charge is 2.22. The highest BCUT2D eigenvalue weighted by molar-refractivity contribution is 5.74. The zero-order valence-corrected chi connectivity index (χ0v) is 15.3. The minimum absolute atomic E-state index is 0.0390. The first-order chi connectivity index (χ1) is 12.2. The molecule has 2 aromatic rings. The largest absolute Gasteiger partial charge is 0.340 e. The average molecular weight is 342 g/mol. The van der Waals surface area contributed by atoms with Crippen molar-refractivity contribution in [1.29, 1.82) is 0 Å². The number of anilines is 1. The molecule has 0 atom stereocenters. The van der Waals surface area contributed by atoms with Gasteiger partial charge in [0.2, 0.25) is 5.95 Å². The Morgan fingerprint density at radius 2 is 2.00 bits per heavy atom. The molecule has 7 nitrogen and oxygen atoms in total. The standard InChI is InChI=1S/C18H26N6O/c1-4-6-8-14-20-16-15(17(25)22(14)3)24(11-7-5-2)18(21-16)23-12-9-19-10-13-23/h19H,4,6,8-13H2,1-3H3. The van der Waals surface area contributed by atoms with Crippen molar-refractivity contribution in [3.05, 3.63) is 16.2 Å². The van der Waals surface area contributed by atoms with Crippen molar-refractivity contribution in [1.82, 2.24) is 24.4 Å². The molecule has 2 aromatic heterocycles. The summed E-state index contributed by atoms with van der Waals surface area (Å²) in [6, 6.07) is 0. The van der Waals surface area contributed by atoms with Crippen molar-refractivity contribution in [3.8, 4) is 11.8 Å². The Hall–Kier alpha value is -2.33.